The highest BCUT2D eigenvalue weighted by molar-refractivity contribution is 6.44. The minimum Gasteiger partial charge on any atom is -0.450 e. The highest BCUT2D eigenvalue weighted by atomic mass is 35.5. The zero-order chi connectivity index (χ0) is 18.6. The van der Waals surface area contributed by atoms with Gasteiger partial charge in [0.2, 0.25) is 0 Å². The molecule has 0 spiro atoms. The predicted molar refractivity (Wildman–Crippen MR) is 96.6 cm³/mol. The van der Waals surface area contributed by atoms with Gasteiger partial charge in [0, 0.05) is 25.3 Å². The number of nitrogens with zero attached hydrogens (tertiary/aromatic N) is 1. The Labute approximate surface area is 157 Å². The Balaban J connectivity index is 2.06. The number of carbonyl (C=O) groups is 2. The van der Waals surface area contributed by atoms with E-state index < -0.39 is 0 Å². The number of halogens is 2. The minimum absolute atomic E-state index is 0.0107. The van der Waals surface area contributed by atoms with Gasteiger partial charge in [-0.15, -0.1) is 0 Å². The number of likely N-dealkylation sites (tertiary alicyclic amines) is 1. The van der Waals surface area contributed by atoms with E-state index in [0.29, 0.717) is 49.1 Å². The number of ether oxygens (including phenoxy) is 2. The molecule has 1 amide bonds. The summed E-state index contributed by atoms with van der Waals surface area (Å²) in [5, 5.41) is 0.643. The summed E-state index contributed by atoms with van der Waals surface area (Å²) in [6.07, 6.45) is 0.404. The topological polar surface area (TPSA) is 71.6 Å². The summed E-state index contributed by atoms with van der Waals surface area (Å²) in [5.41, 5.74) is 1.01. The quantitative estimate of drug-likeness (QED) is 0.742. The van der Waals surface area contributed by atoms with E-state index in [-0.39, 0.29) is 35.3 Å². The van der Waals surface area contributed by atoms with Crippen molar-refractivity contribution in [1.82, 2.24) is 9.88 Å². The average molecular weight is 391 g/mol. The summed E-state index contributed by atoms with van der Waals surface area (Å²) in [4.78, 5) is 29.1. The lowest BCUT2D eigenvalue weighted by Gasteiger charge is -2.37. The standard InChI is InChI=1S/C17H24Cl2N2O4/c1-4-24-13-9-21(17(23)25-5-2)7-6-11(13)8-12(22)16-15(19)14(18)10(3)20-16/h11,13,20H,4-9H2,1-3H3/t11-,13-/m0/s1. The first kappa shape index (κ1) is 20.1. The second-order valence-corrected chi connectivity index (χ2v) is 6.82. The van der Waals surface area contributed by atoms with Crippen molar-refractivity contribution in [2.24, 2.45) is 5.92 Å². The van der Waals surface area contributed by atoms with Crippen molar-refractivity contribution >= 4 is 35.1 Å². The molecule has 140 valence electrons. The van der Waals surface area contributed by atoms with E-state index in [9.17, 15) is 9.59 Å². The lowest BCUT2D eigenvalue weighted by molar-refractivity contribution is -0.0314. The summed E-state index contributed by atoms with van der Waals surface area (Å²) < 4.78 is 10.8. The van der Waals surface area contributed by atoms with E-state index in [1.807, 2.05) is 6.92 Å². The van der Waals surface area contributed by atoms with Gasteiger partial charge in [-0.1, -0.05) is 23.2 Å². The maximum Gasteiger partial charge on any atom is 0.409 e. The molecule has 1 aliphatic rings. The molecule has 2 heterocycles. The SMILES string of the molecule is CCOC(=O)N1CC[C@@H](CC(=O)c2[nH]c(C)c(Cl)c2Cl)[C@@H](OCC)C1. The lowest BCUT2D eigenvalue weighted by Crippen LogP contribution is -2.48. The molecular formula is C17H24Cl2N2O4. The summed E-state index contributed by atoms with van der Waals surface area (Å²) in [6.45, 7) is 7.25. The Morgan fingerprint density at radius 1 is 1.24 bits per heavy atom. The smallest absolute Gasteiger partial charge is 0.409 e. The summed E-state index contributed by atoms with van der Waals surface area (Å²) in [7, 11) is 0. The fourth-order valence-corrected chi connectivity index (χ4v) is 3.52. The molecule has 6 nitrogen and oxygen atoms in total. The molecule has 25 heavy (non-hydrogen) atoms. The van der Waals surface area contributed by atoms with Gasteiger partial charge in [0.05, 0.1) is 29.3 Å². The number of hydrogen-bond donors (Lipinski definition) is 1. The van der Waals surface area contributed by atoms with Crippen molar-refractivity contribution in [2.45, 2.75) is 39.7 Å². The fraction of sp³-hybridized carbons (Fsp3) is 0.647. The molecule has 1 saturated heterocycles. The van der Waals surface area contributed by atoms with Gasteiger partial charge in [-0.05, 0) is 33.1 Å². The first-order valence-corrected chi connectivity index (χ1v) is 9.24. The van der Waals surface area contributed by atoms with Gasteiger partial charge >= 0.3 is 6.09 Å². The van der Waals surface area contributed by atoms with E-state index in [4.69, 9.17) is 32.7 Å². The lowest BCUT2D eigenvalue weighted by atomic mass is 9.88. The van der Waals surface area contributed by atoms with Crippen LogP contribution in [-0.2, 0) is 9.47 Å². The van der Waals surface area contributed by atoms with E-state index in [1.54, 1.807) is 18.7 Å². The van der Waals surface area contributed by atoms with Crippen LogP contribution in [0.2, 0.25) is 10.0 Å². The van der Waals surface area contributed by atoms with Crippen molar-refractivity contribution < 1.29 is 19.1 Å². The zero-order valence-electron chi connectivity index (χ0n) is 14.7. The molecule has 0 radical (unpaired) electrons. The summed E-state index contributed by atoms with van der Waals surface area (Å²) in [5.74, 6) is -0.0872. The third-order valence-corrected chi connectivity index (χ3v) is 5.33. The number of carbonyl (C=O) groups excluding carboxylic acids is 2. The molecule has 1 aliphatic heterocycles. The summed E-state index contributed by atoms with van der Waals surface area (Å²) >= 11 is 12.2. The predicted octanol–water partition coefficient (Wildman–Crippen LogP) is 4.09. The number of aromatic nitrogens is 1. The monoisotopic (exact) mass is 390 g/mol. The van der Waals surface area contributed by atoms with E-state index in [1.165, 1.54) is 0 Å². The maximum absolute atomic E-state index is 12.6. The number of rotatable bonds is 6. The molecular weight excluding hydrogens is 367 g/mol. The maximum atomic E-state index is 12.6. The van der Waals surface area contributed by atoms with Crippen molar-refractivity contribution in [3.8, 4) is 0 Å². The highest BCUT2D eigenvalue weighted by Gasteiger charge is 2.34. The number of nitrogens with one attached hydrogen (secondary N) is 1. The van der Waals surface area contributed by atoms with Crippen LogP contribution < -0.4 is 0 Å². The second kappa shape index (κ2) is 8.92. The van der Waals surface area contributed by atoms with Crippen LogP contribution in [0.4, 0.5) is 4.79 Å². The van der Waals surface area contributed by atoms with Gasteiger partial charge in [-0.3, -0.25) is 4.79 Å². The Hall–Kier alpha value is -1.24. The molecule has 0 aliphatic carbocycles. The number of aromatic amines is 1. The number of hydrogen-bond acceptors (Lipinski definition) is 4. The van der Waals surface area contributed by atoms with E-state index in [0.717, 1.165) is 0 Å². The van der Waals surface area contributed by atoms with Gasteiger partial charge in [0.1, 0.15) is 5.69 Å². The number of amides is 1. The van der Waals surface area contributed by atoms with Gasteiger partial charge in [-0.2, -0.15) is 0 Å². The van der Waals surface area contributed by atoms with Crippen molar-refractivity contribution in [3.63, 3.8) is 0 Å². The molecule has 8 heteroatoms. The van der Waals surface area contributed by atoms with E-state index in [2.05, 4.69) is 4.98 Å². The van der Waals surface area contributed by atoms with Crippen LogP contribution in [0.1, 0.15) is 42.9 Å². The van der Waals surface area contributed by atoms with Crippen molar-refractivity contribution in [1.29, 1.82) is 0 Å². The number of aryl methyl sites for hydroxylation is 1. The van der Waals surface area contributed by atoms with E-state index >= 15 is 0 Å². The molecule has 0 unspecified atom stereocenters. The van der Waals surface area contributed by atoms with Crippen LogP contribution in [-0.4, -0.2) is 54.2 Å². The summed E-state index contributed by atoms with van der Waals surface area (Å²) in [6, 6.07) is 0. The molecule has 1 aromatic rings. The molecule has 0 saturated carbocycles. The van der Waals surface area contributed by atoms with Gasteiger partial charge < -0.3 is 19.4 Å². The Morgan fingerprint density at radius 3 is 2.52 bits per heavy atom. The van der Waals surface area contributed by atoms with Crippen LogP contribution in [0.3, 0.4) is 0 Å². The average Bonchev–Trinajstić information content (AvgIpc) is 2.84. The van der Waals surface area contributed by atoms with Crippen LogP contribution in [0.15, 0.2) is 0 Å². The molecule has 0 bridgehead atoms. The van der Waals surface area contributed by atoms with Gasteiger partial charge in [0.15, 0.2) is 5.78 Å². The minimum atomic E-state index is -0.341. The Bertz CT molecular complexity index is 632. The second-order valence-electron chi connectivity index (χ2n) is 6.07. The van der Waals surface area contributed by atoms with Gasteiger partial charge in [0.25, 0.3) is 0 Å². The van der Waals surface area contributed by atoms with Crippen molar-refractivity contribution in [2.75, 3.05) is 26.3 Å². The first-order chi connectivity index (χ1) is 11.9. The number of piperidine rings is 1. The molecule has 2 rings (SSSR count). The highest BCUT2D eigenvalue weighted by Crippen LogP contribution is 2.32. The van der Waals surface area contributed by atoms with Crippen molar-refractivity contribution in [3.05, 3.63) is 21.4 Å². The van der Waals surface area contributed by atoms with Crippen LogP contribution in [0.5, 0.6) is 0 Å². The molecule has 0 aromatic carbocycles. The number of ketones is 1. The normalized spacial score (nSPS) is 20.6. The molecule has 2 atom stereocenters. The van der Waals surface area contributed by atoms with Gasteiger partial charge in [-0.25, -0.2) is 4.79 Å². The number of H-pyrrole nitrogens is 1. The first-order valence-electron chi connectivity index (χ1n) is 8.49. The van der Waals surface area contributed by atoms with Crippen LogP contribution >= 0.6 is 23.2 Å². The Morgan fingerprint density at radius 2 is 1.96 bits per heavy atom. The third kappa shape index (κ3) is 4.68. The van der Waals surface area contributed by atoms with Crippen LogP contribution in [0.25, 0.3) is 0 Å². The van der Waals surface area contributed by atoms with Crippen LogP contribution in [0, 0.1) is 12.8 Å². The zero-order valence-corrected chi connectivity index (χ0v) is 16.2. The molecule has 1 fully saturated rings. The fourth-order valence-electron chi connectivity index (χ4n) is 3.09. The molecule has 1 N–H and O–H groups in total. The Kier molecular flexibility index (Phi) is 7.16. The number of Topliss-reactive ketones (excluding diaryl/α,β-unsaturated/α-hetero) is 1. The largest absolute Gasteiger partial charge is 0.450 e. The third-order valence-electron chi connectivity index (χ3n) is 4.38. The molecule has 1 aromatic heterocycles.